The Hall–Kier alpha value is -0.400. The Bertz CT molecular complexity index is 257. The molecule has 0 amide bonds. The fourth-order valence-electron chi connectivity index (χ4n) is 0.843. The van der Waals surface area contributed by atoms with E-state index in [2.05, 4.69) is 0 Å². The molecule has 0 unspecified atom stereocenters. The topological polar surface area (TPSA) is 40.9 Å². The minimum absolute atomic E-state index is 0.116. The molecule has 0 spiro atoms. The Balaban J connectivity index is 2.84. The van der Waals surface area contributed by atoms with Gasteiger partial charge in [-0.05, 0) is 24.9 Å². The summed E-state index contributed by atoms with van der Waals surface area (Å²) < 4.78 is 0.913. The van der Waals surface area contributed by atoms with Crippen LogP contribution in [0.1, 0.15) is 13.3 Å². The van der Waals surface area contributed by atoms with E-state index in [1.165, 1.54) is 6.92 Å². The highest BCUT2D eigenvalue weighted by Crippen LogP contribution is 2.36. The zero-order chi connectivity index (χ0) is 8.97. The zero-order valence-electron chi connectivity index (χ0n) is 6.79. The third-order valence-electron chi connectivity index (χ3n) is 1.42. The zero-order valence-corrected chi connectivity index (χ0v) is 8.43. The van der Waals surface area contributed by atoms with E-state index in [0.29, 0.717) is 5.57 Å². The molecule has 0 bridgehead atoms. The fourth-order valence-corrected chi connectivity index (χ4v) is 3.47. The number of allylic oxidation sites excluding steroid dienone is 1. The van der Waals surface area contributed by atoms with Crippen LogP contribution in [-0.2, 0) is 4.79 Å². The number of hydrogen-bond acceptors (Lipinski definition) is 4. The molecule has 1 fully saturated rings. The van der Waals surface area contributed by atoms with E-state index in [-0.39, 0.29) is 5.78 Å². The van der Waals surface area contributed by atoms with Crippen LogP contribution >= 0.6 is 23.5 Å². The average Bonchev–Trinajstić information content (AvgIpc) is 2.07. The molecule has 0 N–H and O–H groups in total. The standard InChI is InChI=1S/C8H9NOS2/c1-6(10)7(5-9)8-11-3-2-4-12-8/h2-4H2,1H3. The highest BCUT2D eigenvalue weighted by Gasteiger charge is 2.15. The third kappa shape index (κ3) is 2.29. The van der Waals surface area contributed by atoms with E-state index in [0.717, 1.165) is 22.2 Å². The van der Waals surface area contributed by atoms with E-state index < -0.39 is 0 Å². The summed E-state index contributed by atoms with van der Waals surface area (Å²) in [6.45, 7) is 1.45. The molecule has 0 saturated carbocycles. The molecule has 1 saturated heterocycles. The van der Waals surface area contributed by atoms with Gasteiger partial charge in [-0.15, -0.1) is 23.5 Å². The summed E-state index contributed by atoms with van der Waals surface area (Å²) in [6.07, 6.45) is 1.16. The number of ketones is 1. The van der Waals surface area contributed by atoms with E-state index >= 15 is 0 Å². The van der Waals surface area contributed by atoms with Crippen molar-refractivity contribution in [3.63, 3.8) is 0 Å². The lowest BCUT2D eigenvalue weighted by Gasteiger charge is -2.12. The van der Waals surface area contributed by atoms with E-state index in [9.17, 15) is 4.79 Å². The van der Waals surface area contributed by atoms with Crippen molar-refractivity contribution in [2.24, 2.45) is 0 Å². The van der Waals surface area contributed by atoms with Gasteiger partial charge in [-0.3, -0.25) is 4.79 Å². The summed E-state index contributed by atoms with van der Waals surface area (Å²) in [5, 5.41) is 8.69. The number of hydrogen-bond donors (Lipinski definition) is 0. The van der Waals surface area contributed by atoms with Crippen LogP contribution in [0.15, 0.2) is 9.81 Å². The molecule has 1 aliphatic heterocycles. The van der Waals surface area contributed by atoms with Crippen LogP contribution in [0.2, 0.25) is 0 Å². The van der Waals surface area contributed by atoms with Gasteiger partial charge in [-0.1, -0.05) is 0 Å². The van der Waals surface area contributed by atoms with Gasteiger partial charge >= 0.3 is 0 Å². The molecule has 1 heterocycles. The average molecular weight is 199 g/mol. The maximum Gasteiger partial charge on any atom is 0.171 e. The smallest absolute Gasteiger partial charge is 0.171 e. The van der Waals surface area contributed by atoms with E-state index in [4.69, 9.17) is 5.26 Å². The summed E-state index contributed by atoms with van der Waals surface area (Å²) in [5.41, 5.74) is 0.338. The largest absolute Gasteiger partial charge is 0.294 e. The molecule has 12 heavy (non-hydrogen) atoms. The van der Waals surface area contributed by atoms with Crippen molar-refractivity contribution in [1.29, 1.82) is 5.26 Å². The van der Waals surface area contributed by atoms with Crippen LogP contribution in [0, 0.1) is 11.3 Å². The Morgan fingerprint density at radius 2 is 2.08 bits per heavy atom. The minimum Gasteiger partial charge on any atom is -0.294 e. The predicted octanol–water partition coefficient (Wildman–Crippen LogP) is 2.18. The van der Waals surface area contributed by atoms with Gasteiger partial charge in [0.1, 0.15) is 11.6 Å². The molecule has 0 aromatic heterocycles. The highest BCUT2D eigenvalue weighted by atomic mass is 32.2. The van der Waals surface area contributed by atoms with Gasteiger partial charge < -0.3 is 0 Å². The molecule has 2 nitrogen and oxygen atoms in total. The molecule has 0 aromatic carbocycles. The van der Waals surface area contributed by atoms with Crippen LogP contribution in [0.25, 0.3) is 0 Å². The summed E-state index contributed by atoms with van der Waals surface area (Å²) in [5.74, 6) is 1.94. The fraction of sp³-hybridized carbons (Fsp3) is 0.500. The van der Waals surface area contributed by atoms with Crippen molar-refractivity contribution in [1.82, 2.24) is 0 Å². The van der Waals surface area contributed by atoms with Gasteiger partial charge in [0.2, 0.25) is 0 Å². The second-order valence-corrected chi connectivity index (χ2v) is 4.85. The maximum absolute atomic E-state index is 11.0. The summed E-state index contributed by atoms with van der Waals surface area (Å²) in [6, 6.07) is 1.96. The minimum atomic E-state index is -0.116. The van der Waals surface area contributed by atoms with Crippen molar-refractivity contribution >= 4 is 29.3 Å². The Morgan fingerprint density at radius 1 is 1.50 bits per heavy atom. The first-order chi connectivity index (χ1) is 5.75. The lowest BCUT2D eigenvalue weighted by atomic mass is 10.2. The number of carbonyl (C=O) groups is 1. The van der Waals surface area contributed by atoms with Crippen molar-refractivity contribution in [3.8, 4) is 6.07 Å². The Morgan fingerprint density at radius 3 is 2.50 bits per heavy atom. The number of thioether (sulfide) groups is 2. The molecule has 1 aliphatic rings. The second-order valence-electron chi connectivity index (χ2n) is 2.38. The van der Waals surface area contributed by atoms with Gasteiger partial charge in [-0.2, -0.15) is 5.26 Å². The third-order valence-corrected chi connectivity index (χ3v) is 4.05. The lowest BCUT2D eigenvalue weighted by molar-refractivity contribution is -0.113. The van der Waals surface area contributed by atoms with Gasteiger partial charge in [0.05, 0.1) is 4.24 Å². The molecule has 0 aromatic rings. The van der Waals surface area contributed by atoms with Gasteiger partial charge in [0.15, 0.2) is 5.78 Å². The number of nitriles is 1. The molecular weight excluding hydrogens is 190 g/mol. The maximum atomic E-state index is 11.0. The van der Waals surface area contributed by atoms with Crippen LogP contribution in [0.4, 0.5) is 0 Å². The Labute approximate surface area is 80.4 Å². The molecule has 0 atom stereocenters. The lowest BCUT2D eigenvalue weighted by Crippen LogP contribution is -2.00. The van der Waals surface area contributed by atoms with Crippen LogP contribution in [0.5, 0.6) is 0 Å². The molecule has 1 rings (SSSR count). The second kappa shape index (κ2) is 4.58. The molecule has 4 heteroatoms. The quantitative estimate of drug-likeness (QED) is 0.479. The van der Waals surface area contributed by atoms with Crippen LogP contribution in [0.3, 0.4) is 0 Å². The van der Waals surface area contributed by atoms with Crippen molar-refractivity contribution in [3.05, 3.63) is 9.81 Å². The van der Waals surface area contributed by atoms with Gasteiger partial charge in [-0.25, -0.2) is 0 Å². The SMILES string of the molecule is CC(=O)C(C#N)=C1SCCCS1. The van der Waals surface area contributed by atoms with Crippen molar-refractivity contribution in [2.75, 3.05) is 11.5 Å². The first-order valence-electron chi connectivity index (χ1n) is 3.66. The summed E-state index contributed by atoms with van der Waals surface area (Å²) >= 11 is 3.25. The molecule has 0 radical (unpaired) electrons. The monoisotopic (exact) mass is 199 g/mol. The van der Waals surface area contributed by atoms with E-state index in [1.807, 2.05) is 6.07 Å². The molecular formula is C8H9NOS2. The Kier molecular flexibility index (Phi) is 3.70. The molecule has 64 valence electrons. The van der Waals surface area contributed by atoms with Gasteiger partial charge in [0.25, 0.3) is 0 Å². The number of carbonyl (C=O) groups excluding carboxylic acids is 1. The summed E-state index contributed by atoms with van der Waals surface area (Å²) in [7, 11) is 0. The van der Waals surface area contributed by atoms with Crippen LogP contribution in [-0.4, -0.2) is 17.3 Å². The predicted molar refractivity (Wildman–Crippen MR) is 52.9 cm³/mol. The highest BCUT2D eigenvalue weighted by molar-refractivity contribution is 8.22. The number of Topliss-reactive ketones (excluding diaryl/α,β-unsaturated/α-hetero) is 1. The van der Waals surface area contributed by atoms with Gasteiger partial charge in [0, 0.05) is 0 Å². The van der Waals surface area contributed by atoms with E-state index in [1.54, 1.807) is 23.5 Å². The van der Waals surface area contributed by atoms with Crippen molar-refractivity contribution < 1.29 is 4.79 Å². The number of nitrogens with zero attached hydrogens (tertiary/aromatic N) is 1. The normalized spacial score (nSPS) is 16.8. The van der Waals surface area contributed by atoms with Crippen LogP contribution < -0.4 is 0 Å². The summed E-state index contributed by atoms with van der Waals surface area (Å²) in [4.78, 5) is 11.0. The first-order valence-corrected chi connectivity index (χ1v) is 5.63. The van der Waals surface area contributed by atoms with Crippen molar-refractivity contribution in [2.45, 2.75) is 13.3 Å². The number of rotatable bonds is 1. The molecule has 0 aliphatic carbocycles. The first kappa shape index (κ1) is 9.69.